The van der Waals surface area contributed by atoms with Gasteiger partial charge in [-0.3, -0.25) is 0 Å². The highest BCUT2D eigenvalue weighted by Gasteiger charge is 2.46. The number of hydrogen-bond donors (Lipinski definition) is 1. The van der Waals surface area contributed by atoms with Gasteiger partial charge in [0.15, 0.2) is 6.04 Å². The Hall–Kier alpha value is -1.98. The van der Waals surface area contributed by atoms with Gasteiger partial charge < -0.3 is 5.32 Å². The minimum absolute atomic E-state index is 0.0543. The molecule has 20 heavy (non-hydrogen) atoms. The first kappa shape index (κ1) is 13.0. The maximum atomic E-state index is 13.2. The van der Waals surface area contributed by atoms with E-state index in [0.717, 1.165) is 15.8 Å². The highest BCUT2D eigenvalue weighted by Crippen LogP contribution is 2.43. The summed E-state index contributed by atoms with van der Waals surface area (Å²) >= 11 is 0. The van der Waals surface area contributed by atoms with Crippen LogP contribution in [0.3, 0.4) is 0 Å². The molecule has 2 aromatic rings. The normalized spacial score (nSPS) is 22.2. The Morgan fingerprint density at radius 3 is 2.55 bits per heavy atom. The summed E-state index contributed by atoms with van der Waals surface area (Å²) in [7, 11) is 0. The van der Waals surface area contributed by atoms with Crippen LogP contribution < -0.4 is 5.32 Å². The number of benzene rings is 1. The number of nitrogens with one attached hydrogen (secondary N) is 1. The number of alkyl halides is 3. The van der Waals surface area contributed by atoms with Crippen LogP contribution in [0.2, 0.25) is 0 Å². The summed E-state index contributed by atoms with van der Waals surface area (Å²) in [6, 6.07) is 7.18. The molecule has 3 rings (SSSR count). The first-order chi connectivity index (χ1) is 9.45. The number of aryl methyl sites for hydroxylation is 1. The number of hydrogen-bond acceptors (Lipinski definition) is 2. The SMILES string of the molecule is Cc1ccc([C@H]2C[C@H](C(F)(F)F)n3nccc3N2)cc1. The van der Waals surface area contributed by atoms with Crippen LogP contribution >= 0.6 is 0 Å². The van der Waals surface area contributed by atoms with E-state index >= 15 is 0 Å². The summed E-state index contributed by atoms with van der Waals surface area (Å²) in [4.78, 5) is 0. The van der Waals surface area contributed by atoms with Crippen molar-refractivity contribution in [1.82, 2.24) is 9.78 Å². The average molecular weight is 281 g/mol. The molecule has 1 aromatic heterocycles. The molecule has 0 saturated heterocycles. The average Bonchev–Trinajstić information content (AvgIpc) is 2.85. The molecule has 1 N–H and O–H groups in total. The van der Waals surface area contributed by atoms with E-state index < -0.39 is 12.2 Å². The van der Waals surface area contributed by atoms with Crippen molar-refractivity contribution in [1.29, 1.82) is 0 Å². The van der Waals surface area contributed by atoms with Crippen LogP contribution in [0.5, 0.6) is 0 Å². The molecule has 1 aromatic carbocycles. The predicted octanol–water partition coefficient (Wildman–Crippen LogP) is 3.85. The van der Waals surface area contributed by atoms with Crippen LogP contribution in [-0.2, 0) is 0 Å². The van der Waals surface area contributed by atoms with Gasteiger partial charge in [-0.25, -0.2) is 4.68 Å². The Balaban J connectivity index is 1.95. The zero-order valence-electron chi connectivity index (χ0n) is 10.9. The fourth-order valence-electron chi connectivity index (χ4n) is 2.53. The minimum atomic E-state index is -4.30. The number of aromatic nitrogens is 2. The maximum Gasteiger partial charge on any atom is 0.410 e. The number of fused-ring (bicyclic) bond motifs is 1. The molecule has 2 atom stereocenters. The number of halogens is 3. The predicted molar refractivity (Wildman–Crippen MR) is 69.5 cm³/mol. The van der Waals surface area contributed by atoms with Gasteiger partial charge in [-0.05, 0) is 12.5 Å². The zero-order valence-corrected chi connectivity index (χ0v) is 10.9. The lowest BCUT2D eigenvalue weighted by Crippen LogP contribution is -2.35. The lowest BCUT2D eigenvalue weighted by molar-refractivity contribution is -0.173. The Morgan fingerprint density at radius 1 is 1.20 bits per heavy atom. The summed E-state index contributed by atoms with van der Waals surface area (Å²) in [5.74, 6) is 0.407. The van der Waals surface area contributed by atoms with Crippen molar-refractivity contribution in [3.8, 4) is 0 Å². The maximum absolute atomic E-state index is 13.2. The lowest BCUT2D eigenvalue weighted by Gasteiger charge is -2.33. The summed E-state index contributed by atoms with van der Waals surface area (Å²) < 4.78 is 40.5. The van der Waals surface area contributed by atoms with Gasteiger partial charge in [-0.15, -0.1) is 0 Å². The summed E-state index contributed by atoms with van der Waals surface area (Å²) in [5, 5.41) is 6.90. The van der Waals surface area contributed by atoms with Crippen molar-refractivity contribution < 1.29 is 13.2 Å². The molecule has 0 radical (unpaired) electrons. The molecule has 0 spiro atoms. The molecule has 0 bridgehead atoms. The molecular weight excluding hydrogens is 267 g/mol. The molecule has 0 saturated carbocycles. The van der Waals surface area contributed by atoms with Crippen molar-refractivity contribution in [3.05, 3.63) is 47.7 Å². The van der Waals surface area contributed by atoms with Crippen molar-refractivity contribution in [2.45, 2.75) is 31.6 Å². The first-order valence-electron chi connectivity index (χ1n) is 6.38. The molecule has 106 valence electrons. The smallest absolute Gasteiger partial charge is 0.363 e. The van der Waals surface area contributed by atoms with Crippen LogP contribution in [0, 0.1) is 6.92 Å². The number of rotatable bonds is 1. The Bertz CT molecular complexity index is 601. The van der Waals surface area contributed by atoms with E-state index in [9.17, 15) is 13.2 Å². The van der Waals surface area contributed by atoms with Crippen molar-refractivity contribution in [3.63, 3.8) is 0 Å². The van der Waals surface area contributed by atoms with Crippen LogP contribution in [0.25, 0.3) is 0 Å². The van der Waals surface area contributed by atoms with E-state index in [1.807, 2.05) is 31.2 Å². The molecule has 6 heteroatoms. The third-order valence-corrected chi connectivity index (χ3v) is 3.60. The molecule has 1 aliphatic rings. The summed E-state index contributed by atoms with van der Waals surface area (Å²) in [5.41, 5.74) is 1.94. The zero-order chi connectivity index (χ0) is 14.3. The molecule has 3 nitrogen and oxygen atoms in total. The second-order valence-corrected chi connectivity index (χ2v) is 5.06. The number of nitrogens with zero attached hydrogens (tertiary/aromatic N) is 2. The first-order valence-corrected chi connectivity index (χ1v) is 6.38. The molecule has 0 fully saturated rings. The van der Waals surface area contributed by atoms with Gasteiger partial charge in [0.25, 0.3) is 0 Å². The lowest BCUT2D eigenvalue weighted by atomic mass is 9.96. The molecule has 1 aliphatic heterocycles. The third kappa shape index (κ3) is 2.26. The van der Waals surface area contributed by atoms with Gasteiger partial charge >= 0.3 is 6.18 Å². The summed E-state index contributed by atoms with van der Waals surface area (Å²) in [6.45, 7) is 1.95. The van der Waals surface area contributed by atoms with Crippen molar-refractivity contribution >= 4 is 5.82 Å². The van der Waals surface area contributed by atoms with Crippen molar-refractivity contribution in [2.24, 2.45) is 0 Å². The van der Waals surface area contributed by atoms with Crippen molar-refractivity contribution in [2.75, 3.05) is 5.32 Å². The Morgan fingerprint density at radius 2 is 1.90 bits per heavy atom. The Kier molecular flexibility index (Phi) is 2.96. The van der Waals surface area contributed by atoms with Crippen LogP contribution in [0.1, 0.15) is 29.6 Å². The topological polar surface area (TPSA) is 29.9 Å². The fourth-order valence-corrected chi connectivity index (χ4v) is 2.53. The van der Waals surface area contributed by atoms with E-state index in [2.05, 4.69) is 10.4 Å². The minimum Gasteiger partial charge on any atom is -0.363 e. The second kappa shape index (κ2) is 4.54. The largest absolute Gasteiger partial charge is 0.410 e. The van der Waals surface area contributed by atoms with E-state index in [1.54, 1.807) is 6.07 Å². The Labute approximate surface area is 114 Å². The third-order valence-electron chi connectivity index (χ3n) is 3.60. The molecule has 0 aliphatic carbocycles. The number of anilines is 1. The van der Waals surface area contributed by atoms with Crippen LogP contribution in [0.4, 0.5) is 19.0 Å². The second-order valence-electron chi connectivity index (χ2n) is 5.06. The van der Waals surface area contributed by atoms with E-state index in [-0.39, 0.29) is 12.5 Å². The van der Waals surface area contributed by atoms with Gasteiger partial charge in [0, 0.05) is 12.5 Å². The molecule has 0 unspecified atom stereocenters. The quantitative estimate of drug-likeness (QED) is 0.860. The van der Waals surface area contributed by atoms with Gasteiger partial charge in [-0.2, -0.15) is 18.3 Å². The highest BCUT2D eigenvalue weighted by molar-refractivity contribution is 5.41. The summed E-state index contributed by atoms with van der Waals surface area (Å²) in [6.07, 6.45) is -2.97. The van der Waals surface area contributed by atoms with Crippen LogP contribution in [0.15, 0.2) is 36.5 Å². The standard InChI is InChI=1S/C14H14F3N3/c1-9-2-4-10(5-3-9)11-8-12(14(15,16)17)20-13(19-11)6-7-18-20/h2-7,11-12,19H,8H2,1H3/t11-,12-/m1/s1. The van der Waals surface area contributed by atoms with Gasteiger partial charge in [0.05, 0.1) is 12.2 Å². The molecule has 2 heterocycles. The molecule has 0 amide bonds. The monoisotopic (exact) mass is 281 g/mol. The van der Waals surface area contributed by atoms with Crippen LogP contribution in [-0.4, -0.2) is 16.0 Å². The molecular formula is C14H14F3N3. The highest BCUT2D eigenvalue weighted by atomic mass is 19.4. The van der Waals surface area contributed by atoms with Gasteiger partial charge in [0.1, 0.15) is 5.82 Å². The van der Waals surface area contributed by atoms with E-state index in [1.165, 1.54) is 6.20 Å². The van der Waals surface area contributed by atoms with Gasteiger partial charge in [0.2, 0.25) is 0 Å². The van der Waals surface area contributed by atoms with E-state index in [0.29, 0.717) is 5.82 Å². The van der Waals surface area contributed by atoms with Gasteiger partial charge in [-0.1, -0.05) is 29.8 Å². The fraction of sp³-hybridized carbons (Fsp3) is 0.357. The van der Waals surface area contributed by atoms with E-state index in [4.69, 9.17) is 0 Å².